The van der Waals surface area contributed by atoms with Gasteiger partial charge in [-0.3, -0.25) is 4.79 Å². The molecule has 1 aromatic heterocycles. The van der Waals surface area contributed by atoms with E-state index in [-0.39, 0.29) is 11.9 Å². The normalized spacial score (nSPS) is 12.0. The van der Waals surface area contributed by atoms with E-state index in [1.54, 1.807) is 12.4 Å². The molecule has 2 aromatic carbocycles. The van der Waals surface area contributed by atoms with Crippen LogP contribution in [0.5, 0.6) is 0 Å². The lowest BCUT2D eigenvalue weighted by Crippen LogP contribution is -2.13. The second-order valence-corrected chi connectivity index (χ2v) is 6.99. The van der Waals surface area contributed by atoms with Crippen LogP contribution in [0, 0.1) is 0 Å². The molecule has 1 unspecified atom stereocenters. The predicted molar refractivity (Wildman–Crippen MR) is 106 cm³/mol. The third kappa shape index (κ3) is 5.08. The number of esters is 1. The van der Waals surface area contributed by atoms with Gasteiger partial charge in [-0.25, -0.2) is 0 Å². The number of nitrogens with zero attached hydrogens (tertiary/aromatic N) is 3. The van der Waals surface area contributed by atoms with E-state index in [1.165, 1.54) is 6.92 Å². The second kappa shape index (κ2) is 9.02. The molecule has 0 radical (unpaired) electrons. The number of carbonyl (C=O) groups excluding carboxylic acids is 1. The lowest BCUT2D eigenvalue weighted by atomic mass is 9.95. The average molecular weight is 404 g/mol. The lowest BCUT2D eigenvalue weighted by molar-refractivity contribution is -0.141. The molecule has 0 saturated carbocycles. The summed E-state index contributed by atoms with van der Waals surface area (Å²) in [6, 6.07) is 15.5. The molecule has 0 amide bonds. The highest BCUT2D eigenvalue weighted by Gasteiger charge is 2.17. The highest BCUT2D eigenvalue weighted by atomic mass is 35.5. The Kier molecular flexibility index (Phi) is 6.48. The van der Waals surface area contributed by atoms with Crippen molar-refractivity contribution >= 4 is 29.2 Å². The van der Waals surface area contributed by atoms with Gasteiger partial charge in [-0.15, -0.1) is 10.2 Å². The van der Waals surface area contributed by atoms with E-state index >= 15 is 0 Å². The van der Waals surface area contributed by atoms with Crippen molar-refractivity contribution in [1.82, 2.24) is 14.8 Å². The van der Waals surface area contributed by atoms with Crippen LogP contribution in [0.25, 0.3) is 11.4 Å². The number of benzene rings is 2. The SMILES string of the molecule is CC(=O)OCCC(Cn1cnnc1-c1ccccc1)c1ccc(Cl)c(Cl)c1. The third-order valence-electron chi connectivity index (χ3n) is 4.25. The van der Waals surface area contributed by atoms with Gasteiger partial charge in [-0.1, -0.05) is 59.6 Å². The summed E-state index contributed by atoms with van der Waals surface area (Å²) in [6.07, 6.45) is 2.35. The van der Waals surface area contributed by atoms with Crippen LogP contribution in [-0.2, 0) is 16.1 Å². The Balaban J connectivity index is 1.86. The van der Waals surface area contributed by atoms with Crippen LogP contribution >= 0.6 is 23.2 Å². The maximum Gasteiger partial charge on any atom is 0.302 e. The molecule has 1 heterocycles. The van der Waals surface area contributed by atoms with Crippen LogP contribution in [0.2, 0.25) is 10.0 Å². The van der Waals surface area contributed by atoms with E-state index in [2.05, 4.69) is 10.2 Å². The van der Waals surface area contributed by atoms with Crippen LogP contribution in [0.15, 0.2) is 54.9 Å². The monoisotopic (exact) mass is 403 g/mol. The molecule has 1 atom stereocenters. The third-order valence-corrected chi connectivity index (χ3v) is 4.99. The van der Waals surface area contributed by atoms with Gasteiger partial charge < -0.3 is 9.30 Å². The van der Waals surface area contributed by atoms with E-state index in [4.69, 9.17) is 27.9 Å². The number of rotatable bonds is 7. The van der Waals surface area contributed by atoms with Crippen molar-refractivity contribution in [2.45, 2.75) is 25.8 Å². The Morgan fingerprint density at radius 3 is 2.63 bits per heavy atom. The van der Waals surface area contributed by atoms with E-state index in [9.17, 15) is 4.79 Å². The minimum Gasteiger partial charge on any atom is -0.466 e. The maximum atomic E-state index is 11.1. The van der Waals surface area contributed by atoms with Crippen molar-refractivity contribution in [1.29, 1.82) is 0 Å². The van der Waals surface area contributed by atoms with Gasteiger partial charge in [0.15, 0.2) is 5.82 Å². The Morgan fingerprint density at radius 2 is 1.93 bits per heavy atom. The summed E-state index contributed by atoms with van der Waals surface area (Å²) in [7, 11) is 0. The van der Waals surface area contributed by atoms with Crippen LogP contribution in [0.4, 0.5) is 0 Å². The predicted octanol–water partition coefficient (Wildman–Crippen LogP) is 4.99. The molecule has 0 aliphatic rings. The standard InChI is InChI=1S/C20H19Cl2N3O2/c1-14(26)27-10-9-17(16-7-8-18(21)19(22)11-16)12-25-13-23-24-20(25)15-5-3-2-4-6-15/h2-8,11,13,17H,9-10,12H2,1H3. The maximum absolute atomic E-state index is 11.1. The molecule has 0 N–H and O–H groups in total. The fraction of sp³-hybridized carbons (Fsp3) is 0.250. The van der Waals surface area contributed by atoms with Crippen LogP contribution < -0.4 is 0 Å². The van der Waals surface area contributed by atoms with Gasteiger partial charge in [0, 0.05) is 24.9 Å². The Morgan fingerprint density at radius 1 is 1.15 bits per heavy atom. The Labute approximate surface area is 167 Å². The summed E-state index contributed by atoms with van der Waals surface area (Å²) < 4.78 is 7.14. The minimum absolute atomic E-state index is 0.0533. The van der Waals surface area contributed by atoms with Crippen LogP contribution in [0.1, 0.15) is 24.8 Å². The van der Waals surface area contributed by atoms with Crippen molar-refractivity contribution in [2.24, 2.45) is 0 Å². The van der Waals surface area contributed by atoms with Gasteiger partial charge in [0.05, 0.1) is 16.7 Å². The van der Waals surface area contributed by atoms with E-state index < -0.39 is 0 Å². The first-order valence-corrected chi connectivity index (χ1v) is 9.31. The zero-order valence-corrected chi connectivity index (χ0v) is 16.3. The van der Waals surface area contributed by atoms with Crippen molar-refractivity contribution in [3.05, 3.63) is 70.5 Å². The molecule has 3 rings (SSSR count). The molecule has 0 bridgehead atoms. The van der Waals surface area contributed by atoms with Gasteiger partial charge in [0.1, 0.15) is 6.33 Å². The molecule has 140 valence electrons. The molecule has 0 spiro atoms. The summed E-state index contributed by atoms with van der Waals surface area (Å²) >= 11 is 12.3. The summed E-state index contributed by atoms with van der Waals surface area (Å²) in [5.74, 6) is 0.544. The molecule has 0 fully saturated rings. The second-order valence-electron chi connectivity index (χ2n) is 6.17. The molecular formula is C20H19Cl2N3O2. The molecule has 3 aromatic rings. The highest BCUT2D eigenvalue weighted by molar-refractivity contribution is 6.42. The Bertz CT molecular complexity index is 913. The van der Waals surface area contributed by atoms with Crippen LogP contribution in [-0.4, -0.2) is 27.3 Å². The van der Waals surface area contributed by atoms with Gasteiger partial charge in [0.25, 0.3) is 0 Å². The number of carbonyl (C=O) groups is 1. The van der Waals surface area contributed by atoms with Crippen molar-refractivity contribution in [2.75, 3.05) is 6.61 Å². The largest absolute Gasteiger partial charge is 0.466 e. The van der Waals surface area contributed by atoms with Gasteiger partial charge in [-0.2, -0.15) is 0 Å². The summed E-state index contributed by atoms with van der Waals surface area (Å²) in [6.45, 7) is 2.35. The molecule has 5 nitrogen and oxygen atoms in total. The lowest BCUT2D eigenvalue weighted by Gasteiger charge is -2.19. The van der Waals surface area contributed by atoms with E-state index in [1.807, 2.05) is 47.0 Å². The average Bonchev–Trinajstić information content (AvgIpc) is 3.12. The van der Waals surface area contributed by atoms with Gasteiger partial charge in [-0.05, 0) is 24.1 Å². The number of hydrogen-bond donors (Lipinski definition) is 0. The fourth-order valence-corrected chi connectivity index (χ4v) is 3.22. The van der Waals surface area contributed by atoms with E-state index in [0.29, 0.717) is 29.6 Å². The first-order valence-electron chi connectivity index (χ1n) is 8.56. The number of hydrogen-bond acceptors (Lipinski definition) is 4. The molecule has 27 heavy (non-hydrogen) atoms. The number of halogens is 2. The van der Waals surface area contributed by atoms with Gasteiger partial charge in [0.2, 0.25) is 0 Å². The van der Waals surface area contributed by atoms with Crippen molar-refractivity contribution in [3.63, 3.8) is 0 Å². The molecular weight excluding hydrogens is 385 g/mol. The fourth-order valence-electron chi connectivity index (χ4n) is 2.91. The van der Waals surface area contributed by atoms with Gasteiger partial charge >= 0.3 is 5.97 Å². The van der Waals surface area contributed by atoms with Crippen LogP contribution in [0.3, 0.4) is 0 Å². The topological polar surface area (TPSA) is 57.0 Å². The molecule has 0 saturated heterocycles. The van der Waals surface area contributed by atoms with E-state index in [0.717, 1.165) is 17.0 Å². The summed E-state index contributed by atoms with van der Waals surface area (Å²) in [5, 5.41) is 9.33. The summed E-state index contributed by atoms with van der Waals surface area (Å²) in [5.41, 5.74) is 2.01. The first-order chi connectivity index (χ1) is 13.0. The first kappa shape index (κ1) is 19.4. The molecule has 0 aliphatic carbocycles. The summed E-state index contributed by atoms with van der Waals surface area (Å²) in [4.78, 5) is 11.1. The molecule has 0 aliphatic heterocycles. The number of ether oxygens (including phenoxy) is 1. The number of aromatic nitrogens is 3. The minimum atomic E-state index is -0.294. The highest BCUT2D eigenvalue weighted by Crippen LogP contribution is 2.30. The van der Waals surface area contributed by atoms with Crippen molar-refractivity contribution < 1.29 is 9.53 Å². The zero-order valence-electron chi connectivity index (χ0n) is 14.8. The zero-order chi connectivity index (χ0) is 19.2. The van der Waals surface area contributed by atoms with Crippen molar-refractivity contribution in [3.8, 4) is 11.4 Å². The Hall–Kier alpha value is -2.37. The quantitative estimate of drug-likeness (QED) is 0.521. The smallest absolute Gasteiger partial charge is 0.302 e. The molecule has 7 heteroatoms.